The van der Waals surface area contributed by atoms with Crippen molar-refractivity contribution in [2.24, 2.45) is 0 Å². The lowest BCUT2D eigenvalue weighted by molar-refractivity contribution is -0.258. The van der Waals surface area contributed by atoms with Crippen molar-refractivity contribution in [1.29, 1.82) is 0 Å². The molecular weight excluding hydrogens is 481 g/mol. The van der Waals surface area contributed by atoms with Crippen LogP contribution in [-0.4, -0.2) is 69.3 Å². The SMILES string of the molecule is CC(O)(c1ccc(N[C@H](CNS(=O)(=O)c2cccs2)CN2CCNC(=O)C2)cc1)C(F)(F)F. The van der Waals surface area contributed by atoms with E-state index < -0.39 is 27.8 Å². The molecule has 8 nitrogen and oxygen atoms in total. The lowest BCUT2D eigenvalue weighted by atomic mass is 9.95. The molecule has 1 aliphatic heterocycles. The zero-order chi connectivity index (χ0) is 24.3. The van der Waals surface area contributed by atoms with Crippen molar-refractivity contribution in [2.45, 2.75) is 29.0 Å². The van der Waals surface area contributed by atoms with Crippen LogP contribution in [0.25, 0.3) is 0 Å². The van der Waals surface area contributed by atoms with Crippen LogP contribution in [0.1, 0.15) is 12.5 Å². The van der Waals surface area contributed by atoms with E-state index in [0.29, 0.717) is 32.2 Å². The minimum atomic E-state index is -4.83. The van der Waals surface area contributed by atoms with Gasteiger partial charge in [0.05, 0.1) is 12.6 Å². The van der Waals surface area contributed by atoms with Crippen molar-refractivity contribution in [1.82, 2.24) is 14.9 Å². The van der Waals surface area contributed by atoms with Gasteiger partial charge in [0, 0.05) is 31.9 Å². The van der Waals surface area contributed by atoms with E-state index in [4.69, 9.17) is 0 Å². The summed E-state index contributed by atoms with van der Waals surface area (Å²) < 4.78 is 67.0. The zero-order valence-corrected chi connectivity index (χ0v) is 19.4. The standard InChI is InChI=1S/C20H25F3N4O4S2/c1-19(29,20(21,22)23)14-4-6-15(7-5-14)26-16(12-27-9-8-24-17(28)13-27)11-25-33(30,31)18-3-2-10-32-18/h2-7,10,16,25-26,29H,8-9,11-13H2,1H3,(H,24,28)/t16-,19?/m1/s1. The van der Waals surface area contributed by atoms with E-state index in [1.807, 2.05) is 4.90 Å². The molecule has 1 aromatic heterocycles. The summed E-state index contributed by atoms with van der Waals surface area (Å²) in [6.45, 7) is 2.19. The molecule has 33 heavy (non-hydrogen) atoms. The van der Waals surface area contributed by atoms with Crippen LogP contribution in [-0.2, 0) is 20.4 Å². The van der Waals surface area contributed by atoms with Gasteiger partial charge in [-0.15, -0.1) is 11.3 Å². The van der Waals surface area contributed by atoms with Gasteiger partial charge in [0.1, 0.15) is 4.21 Å². The first-order chi connectivity index (χ1) is 15.4. The average Bonchev–Trinajstić information content (AvgIpc) is 3.28. The van der Waals surface area contributed by atoms with Crippen molar-refractivity contribution in [3.63, 3.8) is 0 Å². The summed E-state index contributed by atoms with van der Waals surface area (Å²) in [6.07, 6.45) is -4.83. The highest BCUT2D eigenvalue weighted by Crippen LogP contribution is 2.38. The molecule has 1 aromatic carbocycles. The zero-order valence-electron chi connectivity index (χ0n) is 17.7. The number of rotatable bonds is 9. The molecular formula is C20H25F3N4O4S2. The highest BCUT2D eigenvalue weighted by atomic mass is 32.2. The molecule has 0 bridgehead atoms. The third-order valence-corrected chi connectivity index (χ3v) is 8.07. The van der Waals surface area contributed by atoms with E-state index in [0.717, 1.165) is 23.5 Å². The van der Waals surface area contributed by atoms with Gasteiger partial charge >= 0.3 is 6.18 Å². The highest BCUT2D eigenvalue weighted by molar-refractivity contribution is 7.91. The van der Waals surface area contributed by atoms with Crippen molar-refractivity contribution in [3.05, 3.63) is 47.3 Å². The number of benzene rings is 1. The fourth-order valence-corrected chi connectivity index (χ4v) is 5.43. The number of hydrogen-bond donors (Lipinski definition) is 4. The Morgan fingerprint density at radius 1 is 1.24 bits per heavy atom. The van der Waals surface area contributed by atoms with Crippen LogP contribution in [0.4, 0.5) is 18.9 Å². The minimum Gasteiger partial charge on any atom is -0.380 e. The number of piperazine rings is 1. The molecule has 4 N–H and O–H groups in total. The number of aliphatic hydroxyl groups is 1. The summed E-state index contributed by atoms with van der Waals surface area (Å²) in [4.78, 5) is 13.6. The molecule has 3 rings (SSSR count). The Labute approximate surface area is 193 Å². The Morgan fingerprint density at radius 2 is 1.94 bits per heavy atom. The van der Waals surface area contributed by atoms with Gasteiger partial charge in [-0.25, -0.2) is 13.1 Å². The van der Waals surface area contributed by atoms with Crippen LogP contribution in [0, 0.1) is 0 Å². The normalized spacial score (nSPS) is 18.4. The summed E-state index contributed by atoms with van der Waals surface area (Å²) in [5.41, 5.74) is -2.87. The molecule has 2 atom stereocenters. The Hall–Kier alpha value is -2.19. The molecule has 2 heterocycles. The van der Waals surface area contributed by atoms with E-state index in [9.17, 15) is 31.5 Å². The van der Waals surface area contributed by atoms with Crippen molar-refractivity contribution < 1.29 is 31.5 Å². The smallest absolute Gasteiger partial charge is 0.380 e. The van der Waals surface area contributed by atoms with Gasteiger partial charge in [0.25, 0.3) is 0 Å². The molecule has 0 radical (unpaired) electrons. The van der Waals surface area contributed by atoms with E-state index in [2.05, 4.69) is 15.4 Å². The Balaban J connectivity index is 1.73. The Bertz CT molecular complexity index is 1040. The number of hydrogen-bond acceptors (Lipinski definition) is 7. The van der Waals surface area contributed by atoms with Crippen LogP contribution >= 0.6 is 11.3 Å². The lowest BCUT2D eigenvalue weighted by Gasteiger charge is -2.31. The number of alkyl halides is 3. The number of halogens is 3. The number of thiophene rings is 1. The van der Waals surface area contributed by atoms with Crippen molar-refractivity contribution >= 4 is 33.0 Å². The lowest BCUT2D eigenvalue weighted by Crippen LogP contribution is -2.52. The predicted octanol–water partition coefficient (Wildman–Crippen LogP) is 1.71. The molecule has 182 valence electrons. The first-order valence-corrected chi connectivity index (χ1v) is 12.4. The summed E-state index contributed by atoms with van der Waals surface area (Å²) >= 11 is 1.08. The third-order valence-electron chi connectivity index (χ3n) is 5.25. The van der Waals surface area contributed by atoms with Crippen LogP contribution in [0.3, 0.4) is 0 Å². The summed E-state index contributed by atoms with van der Waals surface area (Å²) in [6, 6.07) is 7.72. The first-order valence-electron chi connectivity index (χ1n) is 10.1. The number of carbonyl (C=O) groups is 1. The molecule has 0 spiro atoms. The van der Waals surface area contributed by atoms with Gasteiger partial charge < -0.3 is 15.7 Å². The van der Waals surface area contributed by atoms with E-state index in [-0.39, 0.29) is 28.8 Å². The maximum Gasteiger partial charge on any atom is 0.421 e. The van der Waals surface area contributed by atoms with E-state index >= 15 is 0 Å². The largest absolute Gasteiger partial charge is 0.421 e. The van der Waals surface area contributed by atoms with Crippen LogP contribution in [0.2, 0.25) is 0 Å². The maximum atomic E-state index is 13.1. The summed E-state index contributed by atoms with van der Waals surface area (Å²) in [7, 11) is -3.73. The molecule has 2 aromatic rings. The van der Waals surface area contributed by atoms with Gasteiger partial charge in [-0.05, 0) is 36.1 Å². The fourth-order valence-electron chi connectivity index (χ4n) is 3.31. The monoisotopic (exact) mass is 506 g/mol. The highest BCUT2D eigenvalue weighted by Gasteiger charge is 2.51. The first kappa shape index (κ1) is 25.4. The molecule has 0 aliphatic carbocycles. The Morgan fingerprint density at radius 3 is 2.52 bits per heavy atom. The van der Waals surface area contributed by atoms with Crippen molar-refractivity contribution in [3.8, 4) is 0 Å². The number of nitrogens with one attached hydrogen (secondary N) is 3. The van der Waals surface area contributed by atoms with Crippen LogP contribution in [0.15, 0.2) is 46.0 Å². The minimum absolute atomic E-state index is 0.0135. The second-order valence-electron chi connectivity index (χ2n) is 7.86. The fraction of sp³-hybridized carbons (Fsp3) is 0.450. The number of amides is 1. The molecule has 1 unspecified atom stereocenters. The van der Waals surface area contributed by atoms with Gasteiger partial charge in [0.15, 0.2) is 5.60 Å². The molecule has 0 saturated carbocycles. The average molecular weight is 507 g/mol. The van der Waals surface area contributed by atoms with Gasteiger partial charge in [0.2, 0.25) is 15.9 Å². The molecule has 1 amide bonds. The van der Waals surface area contributed by atoms with E-state index in [1.54, 1.807) is 11.4 Å². The predicted molar refractivity (Wildman–Crippen MR) is 118 cm³/mol. The van der Waals surface area contributed by atoms with Crippen LogP contribution in [0.5, 0.6) is 0 Å². The third kappa shape index (κ3) is 6.44. The van der Waals surface area contributed by atoms with Gasteiger partial charge in [-0.2, -0.15) is 13.2 Å². The number of nitrogens with zero attached hydrogens (tertiary/aromatic N) is 1. The number of anilines is 1. The molecule has 1 aliphatic rings. The summed E-state index contributed by atoms with van der Waals surface area (Å²) in [5, 5.41) is 17.3. The topological polar surface area (TPSA) is 111 Å². The molecule has 1 saturated heterocycles. The van der Waals surface area contributed by atoms with E-state index in [1.165, 1.54) is 18.2 Å². The molecule has 1 fully saturated rings. The van der Waals surface area contributed by atoms with Crippen LogP contribution < -0.4 is 15.4 Å². The Kier molecular flexibility index (Phi) is 7.69. The quantitative estimate of drug-likeness (QED) is 0.412. The number of carbonyl (C=O) groups excluding carboxylic acids is 1. The second-order valence-corrected chi connectivity index (χ2v) is 10.8. The van der Waals surface area contributed by atoms with Gasteiger partial charge in [-0.1, -0.05) is 18.2 Å². The van der Waals surface area contributed by atoms with Gasteiger partial charge in [-0.3, -0.25) is 9.69 Å². The maximum absolute atomic E-state index is 13.1. The summed E-state index contributed by atoms with van der Waals surface area (Å²) in [5.74, 6) is -0.141. The molecule has 13 heteroatoms. The second kappa shape index (κ2) is 9.97. The van der Waals surface area contributed by atoms with Crippen molar-refractivity contribution in [2.75, 3.05) is 38.0 Å². The number of sulfonamides is 1.